The van der Waals surface area contributed by atoms with Gasteiger partial charge in [0.2, 0.25) is 0 Å². The van der Waals surface area contributed by atoms with Crippen molar-refractivity contribution in [1.82, 2.24) is 14.6 Å². The van der Waals surface area contributed by atoms with Crippen LogP contribution in [0.2, 0.25) is 0 Å². The number of nitrogens with zero attached hydrogens (tertiary/aromatic N) is 5. The first-order chi connectivity index (χ1) is 16.4. The van der Waals surface area contributed by atoms with E-state index in [-0.39, 0.29) is 0 Å². The van der Waals surface area contributed by atoms with E-state index in [1.165, 1.54) is 60.1 Å². The highest BCUT2D eigenvalue weighted by molar-refractivity contribution is 5.80. The highest BCUT2D eigenvalue weighted by atomic mass is 16.5. The first kappa shape index (κ1) is 24.5. The van der Waals surface area contributed by atoms with Gasteiger partial charge in [-0.2, -0.15) is 5.10 Å². The second-order valence-corrected chi connectivity index (χ2v) is 10.0. The molecule has 0 unspecified atom stereocenters. The molecule has 1 aliphatic carbocycles. The lowest BCUT2D eigenvalue weighted by atomic mass is 10.0. The van der Waals surface area contributed by atoms with E-state index in [2.05, 4.69) is 66.4 Å². The fourth-order valence-corrected chi connectivity index (χ4v) is 4.84. The van der Waals surface area contributed by atoms with Crippen LogP contribution in [0.4, 0.5) is 11.5 Å². The van der Waals surface area contributed by atoms with Crippen molar-refractivity contribution in [2.45, 2.75) is 59.3 Å². The van der Waals surface area contributed by atoms with Crippen molar-refractivity contribution < 1.29 is 4.74 Å². The fourth-order valence-electron chi connectivity index (χ4n) is 4.84. The average molecular weight is 464 g/mol. The van der Waals surface area contributed by atoms with Crippen LogP contribution in [0.5, 0.6) is 0 Å². The summed E-state index contributed by atoms with van der Waals surface area (Å²) in [6.07, 6.45) is 7.58. The first-order valence-corrected chi connectivity index (χ1v) is 12.9. The average Bonchev–Trinajstić information content (AvgIpc) is 3.56. The molecule has 1 saturated heterocycles. The van der Waals surface area contributed by atoms with E-state index >= 15 is 0 Å². The number of aromatic nitrogens is 3. The van der Waals surface area contributed by atoms with Gasteiger partial charge in [0.1, 0.15) is 5.82 Å². The summed E-state index contributed by atoms with van der Waals surface area (Å²) in [5.74, 6) is 1.84. The maximum Gasteiger partial charge on any atom is 0.128 e. The Kier molecular flexibility index (Phi) is 7.77. The normalized spacial score (nSPS) is 15.7. The Morgan fingerprint density at radius 2 is 1.79 bits per heavy atom. The molecule has 0 bridgehead atoms. The number of hydrogen-bond donors (Lipinski definition) is 0. The third-order valence-electron chi connectivity index (χ3n) is 6.82. The van der Waals surface area contributed by atoms with E-state index in [1.807, 2.05) is 14.1 Å². The molecule has 4 heterocycles. The van der Waals surface area contributed by atoms with Gasteiger partial charge < -0.3 is 14.5 Å². The molecule has 6 heteroatoms. The summed E-state index contributed by atoms with van der Waals surface area (Å²) in [7, 11) is 6.28. The molecule has 0 atom stereocenters. The van der Waals surface area contributed by atoms with Crippen molar-refractivity contribution in [2.75, 3.05) is 50.7 Å². The highest BCUT2D eigenvalue weighted by Crippen LogP contribution is 2.36. The van der Waals surface area contributed by atoms with Gasteiger partial charge in [0.15, 0.2) is 0 Å². The fraction of sp³-hybridized carbons (Fsp3) is 0.571. The number of hydrogen-bond acceptors (Lipinski definition) is 5. The van der Waals surface area contributed by atoms with Gasteiger partial charge in [-0.15, -0.1) is 0 Å². The van der Waals surface area contributed by atoms with Crippen LogP contribution in [0, 0.1) is 19.8 Å². The quantitative estimate of drug-likeness (QED) is 0.471. The van der Waals surface area contributed by atoms with Crippen LogP contribution >= 0.6 is 0 Å². The van der Waals surface area contributed by atoms with E-state index in [1.54, 1.807) is 0 Å². The molecule has 6 nitrogen and oxygen atoms in total. The molecule has 0 aromatic carbocycles. The number of pyridine rings is 2. The van der Waals surface area contributed by atoms with Gasteiger partial charge in [0, 0.05) is 52.2 Å². The van der Waals surface area contributed by atoms with E-state index in [0.29, 0.717) is 0 Å². The van der Waals surface area contributed by atoms with Crippen LogP contribution < -0.4 is 9.80 Å². The number of rotatable bonds is 6. The minimum Gasteiger partial charge on any atom is -0.381 e. The molecule has 1 aliphatic heterocycles. The van der Waals surface area contributed by atoms with Crippen molar-refractivity contribution in [3.8, 4) is 11.3 Å². The SMILES string of the molecule is C1CCOCC1.CCc1nn2c(-c3c(C)cc(N(C)C)nc3C)cccc2c1N(C)CC1CC1. The second-order valence-electron chi connectivity index (χ2n) is 10.0. The first-order valence-electron chi connectivity index (χ1n) is 12.9. The van der Waals surface area contributed by atoms with E-state index in [0.717, 1.165) is 49.3 Å². The zero-order valence-electron chi connectivity index (χ0n) is 21.9. The maximum atomic E-state index is 5.07. The van der Waals surface area contributed by atoms with Gasteiger partial charge in [-0.1, -0.05) is 13.0 Å². The largest absolute Gasteiger partial charge is 0.381 e. The Balaban J connectivity index is 0.000000398. The molecule has 2 aliphatic rings. The van der Waals surface area contributed by atoms with Crippen LogP contribution in [0.15, 0.2) is 24.3 Å². The molecule has 3 aromatic heterocycles. The molecule has 0 spiro atoms. The summed E-state index contributed by atoms with van der Waals surface area (Å²) in [4.78, 5) is 9.29. The summed E-state index contributed by atoms with van der Waals surface area (Å²) in [6.45, 7) is 9.58. The Labute approximate surface area is 204 Å². The molecular formula is C28H41N5O. The van der Waals surface area contributed by atoms with Crippen molar-refractivity contribution in [3.63, 3.8) is 0 Å². The van der Waals surface area contributed by atoms with Crippen molar-refractivity contribution in [2.24, 2.45) is 5.92 Å². The smallest absolute Gasteiger partial charge is 0.128 e. The third kappa shape index (κ3) is 5.38. The van der Waals surface area contributed by atoms with Crippen molar-refractivity contribution >= 4 is 17.0 Å². The van der Waals surface area contributed by atoms with Gasteiger partial charge >= 0.3 is 0 Å². The number of ether oxygens (including phenoxy) is 1. The van der Waals surface area contributed by atoms with Crippen LogP contribution in [0.1, 0.15) is 56.0 Å². The number of fused-ring (bicyclic) bond motifs is 1. The third-order valence-corrected chi connectivity index (χ3v) is 6.82. The van der Waals surface area contributed by atoms with E-state index in [4.69, 9.17) is 14.8 Å². The van der Waals surface area contributed by atoms with Crippen LogP contribution in [0.3, 0.4) is 0 Å². The topological polar surface area (TPSA) is 45.9 Å². The molecular weight excluding hydrogens is 422 g/mol. The molecule has 0 amide bonds. The van der Waals surface area contributed by atoms with Crippen LogP contribution in [0.25, 0.3) is 16.8 Å². The summed E-state index contributed by atoms with van der Waals surface area (Å²) in [5.41, 5.74) is 8.20. The molecule has 184 valence electrons. The maximum absolute atomic E-state index is 5.07. The molecule has 0 radical (unpaired) electrons. The van der Waals surface area contributed by atoms with Crippen LogP contribution in [-0.2, 0) is 11.2 Å². The molecule has 2 fully saturated rings. The summed E-state index contributed by atoms with van der Waals surface area (Å²) in [5, 5.41) is 5.03. The predicted molar refractivity (Wildman–Crippen MR) is 142 cm³/mol. The van der Waals surface area contributed by atoms with Crippen molar-refractivity contribution in [3.05, 3.63) is 41.2 Å². The Bertz CT molecular complexity index is 1080. The van der Waals surface area contributed by atoms with Gasteiger partial charge in [0.25, 0.3) is 0 Å². The summed E-state index contributed by atoms with van der Waals surface area (Å²) in [6, 6.07) is 8.67. The molecule has 1 saturated carbocycles. The van der Waals surface area contributed by atoms with Gasteiger partial charge in [-0.05, 0) is 82.1 Å². The van der Waals surface area contributed by atoms with Gasteiger partial charge in [-0.3, -0.25) is 0 Å². The minimum atomic E-state index is 0.847. The highest BCUT2D eigenvalue weighted by Gasteiger charge is 2.26. The number of aryl methyl sites for hydroxylation is 3. The standard InChI is InChI=1S/C23H31N5.C5H10O/c1-7-18-23(27(6)14-17-11-12-17)20-10-8-9-19(28(20)25-18)22-15(2)13-21(26(4)5)24-16(22)3;1-2-4-6-5-3-1/h8-10,13,17H,7,11-12,14H2,1-6H3;1-5H2. The monoisotopic (exact) mass is 463 g/mol. The zero-order valence-corrected chi connectivity index (χ0v) is 21.9. The predicted octanol–water partition coefficient (Wildman–Crippen LogP) is 5.67. The molecule has 3 aromatic rings. The minimum absolute atomic E-state index is 0.847. The lowest BCUT2D eigenvalue weighted by molar-refractivity contribution is 0.0968. The van der Waals surface area contributed by atoms with Gasteiger partial charge in [0.05, 0.1) is 22.6 Å². The summed E-state index contributed by atoms with van der Waals surface area (Å²) < 4.78 is 7.20. The van der Waals surface area contributed by atoms with E-state index in [9.17, 15) is 0 Å². The second kappa shape index (κ2) is 10.8. The summed E-state index contributed by atoms with van der Waals surface area (Å²) >= 11 is 0. The van der Waals surface area contributed by atoms with E-state index < -0.39 is 0 Å². The molecule has 0 N–H and O–H groups in total. The molecule has 34 heavy (non-hydrogen) atoms. The Morgan fingerprint density at radius 1 is 1.06 bits per heavy atom. The molecule has 5 rings (SSSR count). The van der Waals surface area contributed by atoms with Gasteiger partial charge in [-0.25, -0.2) is 9.50 Å². The Morgan fingerprint density at radius 3 is 2.32 bits per heavy atom. The Hall–Kier alpha value is -2.60. The van der Waals surface area contributed by atoms with Crippen LogP contribution in [-0.4, -0.2) is 55.5 Å². The lowest BCUT2D eigenvalue weighted by Gasteiger charge is -2.19. The number of anilines is 2. The van der Waals surface area contributed by atoms with Crippen molar-refractivity contribution in [1.29, 1.82) is 0 Å². The zero-order chi connectivity index (χ0) is 24.2. The lowest BCUT2D eigenvalue weighted by Crippen LogP contribution is -2.20.